The Morgan fingerprint density at radius 1 is 1.36 bits per heavy atom. The molecule has 4 nitrogen and oxygen atoms in total. The molecule has 118 valence electrons. The highest BCUT2D eigenvalue weighted by Gasteiger charge is 2.08. The van der Waals surface area contributed by atoms with Crippen LogP contribution < -0.4 is 5.32 Å². The fourth-order valence-electron chi connectivity index (χ4n) is 2.11. The summed E-state index contributed by atoms with van der Waals surface area (Å²) < 4.78 is 0. The van der Waals surface area contributed by atoms with Gasteiger partial charge in [0.2, 0.25) is 0 Å². The molecule has 0 fully saturated rings. The van der Waals surface area contributed by atoms with Crippen molar-refractivity contribution >= 4 is 29.1 Å². The van der Waals surface area contributed by atoms with E-state index in [1.165, 1.54) is 10.5 Å². The van der Waals surface area contributed by atoms with Gasteiger partial charge in [0.1, 0.15) is 0 Å². The molecule has 0 aliphatic carbocycles. The smallest absolute Gasteiger partial charge is 0.194 e. The summed E-state index contributed by atoms with van der Waals surface area (Å²) in [6, 6.07) is 8.59. The third-order valence-corrected chi connectivity index (χ3v) is 4.81. The number of thioether (sulfide) groups is 1. The second-order valence-corrected chi connectivity index (χ2v) is 6.90. The average molecular weight is 335 g/mol. The first-order valence-electron chi connectivity index (χ1n) is 7.08. The maximum atomic E-state index is 4.50. The van der Waals surface area contributed by atoms with Crippen molar-refractivity contribution in [3.63, 3.8) is 0 Å². The second-order valence-electron chi connectivity index (χ2n) is 4.96. The first-order valence-corrected chi connectivity index (χ1v) is 9.18. The van der Waals surface area contributed by atoms with E-state index in [1.54, 1.807) is 23.1 Å². The first kappa shape index (κ1) is 16.8. The lowest BCUT2D eigenvalue weighted by Gasteiger charge is -2.21. The van der Waals surface area contributed by atoms with Crippen molar-refractivity contribution in [1.29, 1.82) is 0 Å². The van der Waals surface area contributed by atoms with Gasteiger partial charge in [-0.2, -0.15) is 0 Å². The van der Waals surface area contributed by atoms with Crippen molar-refractivity contribution in [2.24, 2.45) is 4.99 Å². The zero-order chi connectivity index (χ0) is 15.9. The number of aliphatic imine (C=N–C) groups is 1. The molecule has 1 heterocycles. The maximum absolute atomic E-state index is 4.50. The monoisotopic (exact) mass is 334 g/mol. The van der Waals surface area contributed by atoms with Gasteiger partial charge in [-0.05, 0) is 30.9 Å². The Balaban J connectivity index is 1.90. The van der Waals surface area contributed by atoms with Crippen LogP contribution in [0.3, 0.4) is 0 Å². The minimum absolute atomic E-state index is 0.759. The second kappa shape index (κ2) is 8.19. The Hall–Kier alpha value is -1.53. The summed E-state index contributed by atoms with van der Waals surface area (Å²) in [7, 11) is 3.84. The fraction of sp³-hybridized carbons (Fsp3) is 0.375. The molecule has 1 aromatic heterocycles. The quantitative estimate of drug-likeness (QED) is 0.517. The van der Waals surface area contributed by atoms with Crippen LogP contribution in [0.25, 0.3) is 0 Å². The number of rotatable bonds is 5. The molecule has 0 atom stereocenters. The van der Waals surface area contributed by atoms with Crippen molar-refractivity contribution in [3.05, 3.63) is 45.9 Å². The third kappa shape index (κ3) is 4.74. The molecule has 0 radical (unpaired) electrons. The van der Waals surface area contributed by atoms with Crippen molar-refractivity contribution in [2.75, 3.05) is 20.4 Å². The number of benzene rings is 1. The van der Waals surface area contributed by atoms with E-state index in [1.807, 2.05) is 21.0 Å². The van der Waals surface area contributed by atoms with Crippen molar-refractivity contribution < 1.29 is 0 Å². The summed E-state index contributed by atoms with van der Waals surface area (Å²) in [6.07, 6.45) is 2.09. The Bertz CT molecular complexity index is 619. The van der Waals surface area contributed by atoms with Crippen LogP contribution in [0, 0.1) is 6.92 Å². The van der Waals surface area contributed by atoms with Crippen LogP contribution in [0.1, 0.15) is 16.3 Å². The van der Waals surface area contributed by atoms with E-state index in [4.69, 9.17) is 0 Å². The van der Waals surface area contributed by atoms with Gasteiger partial charge in [0.15, 0.2) is 5.96 Å². The number of hydrogen-bond acceptors (Lipinski definition) is 4. The van der Waals surface area contributed by atoms with Crippen LogP contribution >= 0.6 is 23.1 Å². The highest BCUT2D eigenvalue weighted by atomic mass is 32.2. The van der Waals surface area contributed by atoms with E-state index < -0.39 is 0 Å². The minimum Gasteiger partial charge on any atom is -0.352 e. The molecule has 6 heteroatoms. The molecule has 0 bridgehead atoms. The predicted molar refractivity (Wildman–Crippen MR) is 96.7 cm³/mol. The van der Waals surface area contributed by atoms with Crippen LogP contribution in [0.2, 0.25) is 0 Å². The first-order chi connectivity index (χ1) is 10.6. The summed E-state index contributed by atoms with van der Waals surface area (Å²) in [5.41, 5.74) is 2.33. The van der Waals surface area contributed by atoms with E-state index >= 15 is 0 Å². The van der Waals surface area contributed by atoms with Crippen molar-refractivity contribution in [1.82, 2.24) is 15.2 Å². The minimum atomic E-state index is 0.759. The zero-order valence-electron chi connectivity index (χ0n) is 13.5. The number of guanidine groups is 1. The number of aromatic nitrogens is 1. The van der Waals surface area contributed by atoms with E-state index in [-0.39, 0.29) is 0 Å². The van der Waals surface area contributed by atoms with Crippen LogP contribution in [-0.2, 0) is 13.1 Å². The lowest BCUT2D eigenvalue weighted by atomic mass is 10.2. The van der Waals surface area contributed by atoms with Gasteiger partial charge in [0.25, 0.3) is 0 Å². The number of aryl methyl sites for hydroxylation is 1. The normalized spacial score (nSPS) is 11.5. The molecule has 2 aromatic rings. The van der Waals surface area contributed by atoms with Crippen LogP contribution in [-0.4, -0.2) is 36.2 Å². The van der Waals surface area contributed by atoms with Gasteiger partial charge < -0.3 is 10.2 Å². The van der Waals surface area contributed by atoms with E-state index in [9.17, 15) is 0 Å². The fourth-order valence-corrected chi connectivity index (χ4v) is 3.12. The molecular weight excluding hydrogens is 312 g/mol. The Morgan fingerprint density at radius 2 is 2.09 bits per heavy atom. The van der Waals surface area contributed by atoms with Crippen LogP contribution in [0.5, 0.6) is 0 Å². The van der Waals surface area contributed by atoms with Crippen molar-refractivity contribution in [2.45, 2.75) is 24.9 Å². The maximum Gasteiger partial charge on any atom is 0.194 e. The van der Waals surface area contributed by atoms with Crippen molar-refractivity contribution in [3.8, 4) is 0 Å². The van der Waals surface area contributed by atoms with Gasteiger partial charge >= 0.3 is 0 Å². The summed E-state index contributed by atoms with van der Waals surface area (Å²) in [4.78, 5) is 12.2. The zero-order valence-corrected chi connectivity index (χ0v) is 15.1. The van der Waals surface area contributed by atoms with Gasteiger partial charge in [-0.15, -0.1) is 23.1 Å². The molecule has 0 saturated carbocycles. The predicted octanol–water partition coefficient (Wildman–Crippen LogP) is 3.38. The number of nitrogens with one attached hydrogen (secondary N) is 1. The third-order valence-electron chi connectivity index (χ3n) is 3.25. The average Bonchev–Trinajstić information content (AvgIpc) is 2.93. The number of hydrogen-bond donors (Lipinski definition) is 1. The van der Waals surface area contributed by atoms with Gasteiger partial charge in [-0.25, -0.2) is 4.98 Å². The number of nitrogens with zero attached hydrogens (tertiary/aromatic N) is 3. The highest BCUT2D eigenvalue weighted by molar-refractivity contribution is 7.98. The molecule has 1 N–H and O–H groups in total. The summed E-state index contributed by atoms with van der Waals surface area (Å²) in [5, 5.41) is 6.59. The van der Waals surface area contributed by atoms with Gasteiger partial charge in [-0.1, -0.05) is 12.1 Å². The van der Waals surface area contributed by atoms with E-state index in [2.05, 4.69) is 56.1 Å². The van der Waals surface area contributed by atoms with Crippen LogP contribution in [0.4, 0.5) is 0 Å². The molecular formula is C16H22N4S2. The molecule has 0 unspecified atom stereocenters. The Kier molecular flexibility index (Phi) is 6.27. The SMILES string of the molecule is CN=C(NCc1ccc(SC)cc1)N(C)Cc1csc(C)n1. The molecule has 0 aliphatic heterocycles. The molecule has 0 saturated heterocycles. The van der Waals surface area contributed by atoms with Gasteiger partial charge in [-0.3, -0.25) is 4.99 Å². The topological polar surface area (TPSA) is 40.5 Å². The standard InChI is InChI=1S/C16H22N4S2/c1-12-19-14(11-22-12)10-20(3)16(17-2)18-9-13-5-7-15(21-4)8-6-13/h5-8,11H,9-10H2,1-4H3,(H,17,18). The molecule has 0 aliphatic rings. The largest absolute Gasteiger partial charge is 0.352 e. The Morgan fingerprint density at radius 3 is 2.64 bits per heavy atom. The number of thiazole rings is 1. The molecule has 0 spiro atoms. The molecule has 2 rings (SSSR count). The summed E-state index contributed by atoms with van der Waals surface area (Å²) in [5.74, 6) is 0.875. The molecule has 1 aromatic carbocycles. The summed E-state index contributed by atoms with van der Waals surface area (Å²) in [6.45, 7) is 3.55. The van der Waals surface area contributed by atoms with Gasteiger partial charge in [0, 0.05) is 30.9 Å². The van der Waals surface area contributed by atoms with Gasteiger partial charge in [0.05, 0.1) is 17.2 Å². The lowest BCUT2D eigenvalue weighted by molar-refractivity contribution is 0.470. The lowest BCUT2D eigenvalue weighted by Crippen LogP contribution is -2.38. The molecule has 22 heavy (non-hydrogen) atoms. The highest BCUT2D eigenvalue weighted by Crippen LogP contribution is 2.15. The Labute approximate surface area is 140 Å². The van der Waals surface area contributed by atoms with Crippen LogP contribution in [0.15, 0.2) is 39.5 Å². The van der Waals surface area contributed by atoms with E-state index in [0.717, 1.165) is 29.8 Å². The summed E-state index contributed by atoms with van der Waals surface area (Å²) >= 11 is 3.44. The van der Waals surface area contributed by atoms with E-state index in [0.29, 0.717) is 0 Å². The molecule has 0 amide bonds.